The van der Waals surface area contributed by atoms with Gasteiger partial charge in [0, 0.05) is 35.5 Å². The third-order valence-corrected chi connectivity index (χ3v) is 6.26. The number of ether oxygens (including phenoxy) is 1. The maximum atomic E-state index is 13.4. The second kappa shape index (κ2) is 6.91. The quantitative estimate of drug-likeness (QED) is 0.704. The van der Waals surface area contributed by atoms with E-state index in [1.807, 2.05) is 0 Å². The van der Waals surface area contributed by atoms with Gasteiger partial charge < -0.3 is 15.4 Å². The van der Waals surface area contributed by atoms with E-state index in [-0.39, 0.29) is 40.3 Å². The summed E-state index contributed by atoms with van der Waals surface area (Å²) in [4.78, 5) is 33.2. The largest absolute Gasteiger partial charge is 0.484 e. The van der Waals surface area contributed by atoms with Gasteiger partial charge in [0.2, 0.25) is 0 Å². The Bertz CT molecular complexity index is 1010. The lowest BCUT2D eigenvalue weighted by Crippen LogP contribution is -2.84. The maximum absolute atomic E-state index is 13.4. The molecule has 1 aromatic heterocycles. The highest BCUT2D eigenvalue weighted by Crippen LogP contribution is 2.60. The Morgan fingerprint density at radius 2 is 1.80 bits per heavy atom. The van der Waals surface area contributed by atoms with E-state index in [0.717, 1.165) is 24.7 Å². The Kier molecular flexibility index (Phi) is 4.43. The smallest absolute Gasteiger partial charge is 0.258 e. The van der Waals surface area contributed by atoms with E-state index < -0.39 is 5.82 Å². The zero-order valence-corrected chi connectivity index (χ0v) is 16.8. The molecule has 2 amide bonds. The van der Waals surface area contributed by atoms with E-state index in [2.05, 4.69) is 20.6 Å². The number of carbonyl (C=O) groups excluding carboxylic acids is 2. The number of amides is 2. The van der Waals surface area contributed by atoms with E-state index >= 15 is 0 Å². The molecule has 0 aliphatic heterocycles. The SMILES string of the molecule is O=C(COc1ccc(Cl)c(F)c1)NC12CC(NC(=O)c3cnc(C4CC4)nc3)(C1)C2. The van der Waals surface area contributed by atoms with Crippen LogP contribution in [0.2, 0.25) is 5.02 Å². The molecule has 2 aromatic rings. The molecule has 4 saturated carbocycles. The molecule has 156 valence electrons. The van der Waals surface area contributed by atoms with Crippen LogP contribution in [0, 0.1) is 5.82 Å². The molecule has 30 heavy (non-hydrogen) atoms. The first-order valence-corrected chi connectivity index (χ1v) is 10.3. The summed E-state index contributed by atoms with van der Waals surface area (Å²) in [6.07, 6.45) is 7.41. The van der Waals surface area contributed by atoms with Crippen LogP contribution in [-0.4, -0.2) is 39.5 Å². The molecule has 7 nitrogen and oxygen atoms in total. The van der Waals surface area contributed by atoms with Gasteiger partial charge in [-0.05, 0) is 44.2 Å². The maximum Gasteiger partial charge on any atom is 0.258 e. The molecular formula is C21H20ClFN4O3. The molecule has 4 fully saturated rings. The Morgan fingerprint density at radius 1 is 1.13 bits per heavy atom. The predicted molar refractivity (Wildman–Crippen MR) is 106 cm³/mol. The van der Waals surface area contributed by atoms with E-state index in [9.17, 15) is 14.0 Å². The Labute approximate surface area is 177 Å². The van der Waals surface area contributed by atoms with Crippen LogP contribution in [-0.2, 0) is 4.79 Å². The van der Waals surface area contributed by atoms with Crippen LogP contribution < -0.4 is 15.4 Å². The summed E-state index contributed by atoms with van der Waals surface area (Å²) in [6, 6.07) is 4.02. The van der Waals surface area contributed by atoms with Crippen molar-refractivity contribution in [1.82, 2.24) is 20.6 Å². The van der Waals surface area contributed by atoms with Crippen molar-refractivity contribution in [3.05, 3.63) is 52.8 Å². The van der Waals surface area contributed by atoms with Gasteiger partial charge in [-0.3, -0.25) is 9.59 Å². The van der Waals surface area contributed by atoms with Crippen LogP contribution in [0.5, 0.6) is 5.75 Å². The number of halogens is 2. The van der Waals surface area contributed by atoms with Gasteiger partial charge in [-0.1, -0.05) is 11.6 Å². The molecule has 2 bridgehead atoms. The van der Waals surface area contributed by atoms with Crippen LogP contribution in [0.3, 0.4) is 0 Å². The summed E-state index contributed by atoms with van der Waals surface area (Å²) in [6.45, 7) is -0.215. The van der Waals surface area contributed by atoms with Crippen LogP contribution in [0.4, 0.5) is 4.39 Å². The Balaban J connectivity index is 1.08. The van der Waals surface area contributed by atoms with Crippen molar-refractivity contribution in [3.63, 3.8) is 0 Å². The van der Waals surface area contributed by atoms with Crippen LogP contribution in [0.15, 0.2) is 30.6 Å². The minimum Gasteiger partial charge on any atom is -0.484 e. The lowest BCUT2D eigenvalue weighted by atomic mass is 9.44. The van der Waals surface area contributed by atoms with Crippen molar-refractivity contribution in [2.75, 3.05) is 6.61 Å². The van der Waals surface area contributed by atoms with E-state index in [4.69, 9.17) is 16.3 Å². The lowest BCUT2D eigenvalue weighted by Gasteiger charge is -2.70. The minimum atomic E-state index is -0.598. The van der Waals surface area contributed by atoms with E-state index in [0.29, 0.717) is 30.7 Å². The molecule has 9 heteroatoms. The lowest BCUT2D eigenvalue weighted by molar-refractivity contribution is -0.141. The monoisotopic (exact) mass is 430 g/mol. The number of benzene rings is 1. The summed E-state index contributed by atoms with van der Waals surface area (Å²) in [7, 11) is 0. The number of nitrogens with zero attached hydrogens (tertiary/aromatic N) is 2. The molecule has 6 rings (SSSR count). The molecule has 2 N–H and O–H groups in total. The molecule has 0 unspecified atom stereocenters. The second-order valence-corrected chi connectivity index (χ2v) is 8.97. The Hall–Kier alpha value is -2.74. The topological polar surface area (TPSA) is 93.2 Å². The summed E-state index contributed by atoms with van der Waals surface area (Å²) < 4.78 is 18.7. The molecule has 0 radical (unpaired) electrons. The summed E-state index contributed by atoms with van der Waals surface area (Å²) in [5.74, 6) is 0.426. The van der Waals surface area contributed by atoms with Crippen molar-refractivity contribution >= 4 is 23.4 Å². The van der Waals surface area contributed by atoms with Crippen molar-refractivity contribution in [1.29, 1.82) is 0 Å². The molecule has 1 heterocycles. The molecule has 1 aromatic carbocycles. The third kappa shape index (κ3) is 3.60. The first kappa shape index (κ1) is 19.2. The van der Waals surface area contributed by atoms with Gasteiger partial charge in [-0.2, -0.15) is 0 Å². The number of hydrogen-bond acceptors (Lipinski definition) is 5. The summed E-state index contributed by atoms with van der Waals surface area (Å²) in [5.41, 5.74) is -0.129. The summed E-state index contributed by atoms with van der Waals surface area (Å²) >= 11 is 5.63. The molecule has 0 atom stereocenters. The molecule has 0 saturated heterocycles. The van der Waals surface area contributed by atoms with Gasteiger partial charge in [-0.25, -0.2) is 14.4 Å². The van der Waals surface area contributed by atoms with Gasteiger partial charge >= 0.3 is 0 Å². The first-order valence-electron chi connectivity index (χ1n) is 9.89. The zero-order valence-electron chi connectivity index (χ0n) is 16.1. The zero-order chi connectivity index (χ0) is 20.9. The Morgan fingerprint density at radius 3 is 2.43 bits per heavy atom. The fourth-order valence-corrected chi connectivity index (χ4v) is 4.54. The van der Waals surface area contributed by atoms with Gasteiger partial charge in [0.1, 0.15) is 17.4 Å². The van der Waals surface area contributed by atoms with Crippen molar-refractivity contribution < 1.29 is 18.7 Å². The molecule has 4 aliphatic carbocycles. The standard InChI is InChI=1S/C21H20ClFN4O3/c22-15-4-3-14(5-16(15)23)30-8-17(28)26-20-9-21(10-20,11-20)27-19(29)13-6-24-18(25-7-13)12-1-2-12/h3-7,12H,1-2,8-11H2,(H,26,28)(H,27,29). The van der Waals surface area contributed by atoms with Crippen LogP contribution >= 0.6 is 11.6 Å². The number of nitrogens with one attached hydrogen (secondary N) is 2. The van der Waals surface area contributed by atoms with Gasteiger partial charge in [0.25, 0.3) is 11.8 Å². The van der Waals surface area contributed by atoms with Gasteiger partial charge in [0.05, 0.1) is 10.6 Å². The van der Waals surface area contributed by atoms with E-state index in [1.165, 1.54) is 12.1 Å². The average Bonchev–Trinajstić information content (AvgIpc) is 3.51. The van der Waals surface area contributed by atoms with Gasteiger partial charge in [0.15, 0.2) is 6.61 Å². The number of carbonyl (C=O) groups is 2. The predicted octanol–water partition coefficient (Wildman–Crippen LogP) is 2.75. The fourth-order valence-electron chi connectivity index (χ4n) is 4.42. The highest BCUT2D eigenvalue weighted by molar-refractivity contribution is 6.30. The third-order valence-electron chi connectivity index (χ3n) is 5.95. The van der Waals surface area contributed by atoms with E-state index in [1.54, 1.807) is 12.4 Å². The van der Waals surface area contributed by atoms with Crippen molar-refractivity contribution in [3.8, 4) is 5.75 Å². The number of rotatable bonds is 7. The normalized spacial score (nSPS) is 26.2. The van der Waals surface area contributed by atoms with Crippen LogP contribution in [0.25, 0.3) is 0 Å². The number of aromatic nitrogens is 2. The fraction of sp³-hybridized carbons (Fsp3) is 0.429. The summed E-state index contributed by atoms with van der Waals surface area (Å²) in [5, 5.41) is 6.01. The number of hydrogen-bond donors (Lipinski definition) is 2. The van der Waals surface area contributed by atoms with Crippen molar-refractivity contribution in [2.45, 2.75) is 49.1 Å². The first-order chi connectivity index (χ1) is 14.4. The minimum absolute atomic E-state index is 0.00145. The van der Waals surface area contributed by atoms with Crippen molar-refractivity contribution in [2.24, 2.45) is 0 Å². The highest BCUT2D eigenvalue weighted by Gasteiger charge is 2.69. The highest BCUT2D eigenvalue weighted by atomic mass is 35.5. The average molecular weight is 431 g/mol. The molecular weight excluding hydrogens is 411 g/mol. The molecule has 4 aliphatic rings. The van der Waals surface area contributed by atoms with Crippen LogP contribution in [0.1, 0.15) is 54.2 Å². The molecule has 0 spiro atoms. The second-order valence-electron chi connectivity index (χ2n) is 8.56. The van der Waals surface area contributed by atoms with Gasteiger partial charge in [-0.15, -0.1) is 0 Å².